The van der Waals surface area contributed by atoms with E-state index in [9.17, 15) is 0 Å². The zero-order valence-electron chi connectivity index (χ0n) is 1.41. The third-order valence-corrected chi connectivity index (χ3v) is 0. The molecule has 0 aliphatic rings. The van der Waals surface area contributed by atoms with Crippen molar-refractivity contribution >= 4 is 11.0 Å². The largest absolute Gasteiger partial charge is 0.344 e. The van der Waals surface area contributed by atoms with E-state index in [0.29, 0.717) is 0 Å². The van der Waals surface area contributed by atoms with E-state index < -0.39 is 0 Å². The van der Waals surface area contributed by atoms with Gasteiger partial charge in [0.2, 0.25) is 0 Å². The lowest BCUT2D eigenvalue weighted by atomic mass is 12.0. The van der Waals surface area contributed by atoms with Crippen molar-refractivity contribution in [3.05, 3.63) is 0 Å². The van der Waals surface area contributed by atoms with E-state index in [-0.39, 0.29) is 30.7 Å². The summed E-state index contributed by atoms with van der Waals surface area (Å²) in [6.07, 6.45) is 0. The lowest BCUT2D eigenvalue weighted by molar-refractivity contribution is 2.13. The van der Waals surface area contributed by atoms with E-state index in [1.54, 1.807) is 0 Å². The molecule has 32 valence electrons. The SMILES string of the molecule is C.N.N.[SiH4]. The van der Waals surface area contributed by atoms with E-state index in [1.807, 2.05) is 0 Å². The van der Waals surface area contributed by atoms with Crippen LogP contribution >= 0.6 is 0 Å². The molecule has 0 aromatic rings. The van der Waals surface area contributed by atoms with E-state index >= 15 is 0 Å². The first-order valence-corrected chi connectivity index (χ1v) is 0. The number of rotatable bonds is 0. The van der Waals surface area contributed by atoms with Crippen molar-refractivity contribution in [3.8, 4) is 0 Å². The van der Waals surface area contributed by atoms with E-state index in [2.05, 4.69) is 0 Å². The molecule has 2 nitrogen and oxygen atoms in total. The minimum Gasteiger partial charge on any atom is -0.344 e. The fourth-order valence-corrected chi connectivity index (χ4v) is 0. The van der Waals surface area contributed by atoms with Crippen LogP contribution in [0.15, 0.2) is 0 Å². The molecule has 0 aromatic heterocycles. The molecule has 0 unspecified atom stereocenters. The average molecular weight is 82.2 g/mol. The summed E-state index contributed by atoms with van der Waals surface area (Å²) in [5, 5.41) is 0. The van der Waals surface area contributed by atoms with Gasteiger partial charge in [-0.2, -0.15) is 0 Å². The second-order valence-corrected chi connectivity index (χ2v) is 0. The molecule has 4 heavy (non-hydrogen) atoms. The van der Waals surface area contributed by atoms with Gasteiger partial charge in [0.05, 0.1) is 0 Å². The molecule has 0 aromatic carbocycles. The third-order valence-electron chi connectivity index (χ3n) is 0. The first-order valence-electron chi connectivity index (χ1n) is 0. The van der Waals surface area contributed by atoms with E-state index in [1.165, 1.54) is 0 Å². The van der Waals surface area contributed by atoms with Crippen molar-refractivity contribution in [3.63, 3.8) is 0 Å². The van der Waals surface area contributed by atoms with Crippen LogP contribution in [-0.4, -0.2) is 11.0 Å². The lowest BCUT2D eigenvalue weighted by Gasteiger charge is -0.345. The van der Waals surface area contributed by atoms with Crippen LogP contribution in [-0.2, 0) is 0 Å². The fourth-order valence-electron chi connectivity index (χ4n) is 0. The molecule has 0 aliphatic carbocycles. The van der Waals surface area contributed by atoms with Crippen LogP contribution in [0.25, 0.3) is 0 Å². The average Bonchev–Trinajstić information content (AvgIpc) is 0. The molecule has 0 fully saturated rings. The summed E-state index contributed by atoms with van der Waals surface area (Å²) in [6, 6.07) is 0. The normalized spacial score (nSPS) is 0. The van der Waals surface area contributed by atoms with E-state index in [4.69, 9.17) is 0 Å². The molecule has 6 N–H and O–H groups in total. The summed E-state index contributed by atoms with van der Waals surface area (Å²) in [4.78, 5) is 0. The standard InChI is InChI=1S/CH4.2H3N.H4Si/h1H4;2*1H3;1H4. The van der Waals surface area contributed by atoms with Gasteiger partial charge in [-0.25, -0.2) is 0 Å². The van der Waals surface area contributed by atoms with Crippen LogP contribution in [0.5, 0.6) is 0 Å². The van der Waals surface area contributed by atoms with Crippen LogP contribution in [0.2, 0.25) is 0 Å². The van der Waals surface area contributed by atoms with Gasteiger partial charge in [0.15, 0.2) is 0 Å². The van der Waals surface area contributed by atoms with Crippen LogP contribution in [0.3, 0.4) is 0 Å². The van der Waals surface area contributed by atoms with Gasteiger partial charge in [0.25, 0.3) is 0 Å². The highest BCUT2D eigenvalue weighted by molar-refractivity contribution is 5.75. The Bertz CT molecular complexity index is 6.00. The minimum absolute atomic E-state index is 0. The monoisotopic (exact) mass is 82.1 g/mol. The van der Waals surface area contributed by atoms with Gasteiger partial charge in [-0.3, -0.25) is 0 Å². The van der Waals surface area contributed by atoms with Crippen molar-refractivity contribution in [2.75, 3.05) is 0 Å². The first-order chi connectivity index (χ1) is 0. The predicted octanol–water partition coefficient (Wildman–Crippen LogP) is -0.492. The quantitative estimate of drug-likeness (QED) is 0.387. The molecule has 0 saturated heterocycles. The van der Waals surface area contributed by atoms with Gasteiger partial charge in [-0.05, 0) is 11.0 Å². The molecule has 3 heteroatoms. The summed E-state index contributed by atoms with van der Waals surface area (Å²) < 4.78 is 0. The number of hydrogen-bond acceptors (Lipinski definition) is 2. The van der Waals surface area contributed by atoms with E-state index in [0.717, 1.165) is 0 Å². The Balaban J connectivity index is 0. The molecular weight excluding hydrogens is 68.1 g/mol. The van der Waals surface area contributed by atoms with Gasteiger partial charge >= 0.3 is 0 Å². The molecule has 0 bridgehead atoms. The van der Waals surface area contributed by atoms with Gasteiger partial charge in [0, 0.05) is 0 Å². The van der Waals surface area contributed by atoms with Crippen molar-refractivity contribution in [1.82, 2.24) is 12.3 Å². The molecular formula is CH14N2Si. The number of hydrogen-bond donors (Lipinski definition) is 2. The van der Waals surface area contributed by atoms with Crippen molar-refractivity contribution in [1.29, 1.82) is 0 Å². The zero-order valence-corrected chi connectivity index (χ0v) is 1.41. The Morgan fingerprint density at radius 3 is 0.750 bits per heavy atom. The lowest BCUT2D eigenvalue weighted by Crippen LogP contribution is -0.482. The first kappa shape index (κ1) is 2170. The molecule has 0 amide bonds. The molecule has 0 aliphatic heterocycles. The molecule has 0 rings (SSSR count). The van der Waals surface area contributed by atoms with Crippen LogP contribution < -0.4 is 12.3 Å². The van der Waals surface area contributed by atoms with Crippen LogP contribution in [0.1, 0.15) is 7.43 Å². The highest BCUT2D eigenvalue weighted by Crippen LogP contribution is 0.144. The van der Waals surface area contributed by atoms with Crippen molar-refractivity contribution < 1.29 is 0 Å². The fraction of sp³-hybridized carbons (Fsp3) is 1.00. The Labute approximate surface area is 31.8 Å². The zero-order chi connectivity index (χ0) is 0. The van der Waals surface area contributed by atoms with Crippen LogP contribution in [0.4, 0.5) is 0 Å². The highest BCUT2D eigenvalue weighted by Gasteiger charge is -0.0148. The maximum atomic E-state index is 0. The molecule has 0 spiro atoms. The summed E-state index contributed by atoms with van der Waals surface area (Å²) in [6.45, 7) is 0. The molecule has 0 heterocycles. The highest BCUT2D eigenvalue weighted by atomic mass is 28.1. The maximum absolute atomic E-state index is 0. The predicted molar refractivity (Wildman–Crippen MR) is 28.1 cm³/mol. The summed E-state index contributed by atoms with van der Waals surface area (Å²) in [5.74, 6) is 0. The summed E-state index contributed by atoms with van der Waals surface area (Å²) >= 11 is 0. The smallest absolute Gasteiger partial charge is 0.0149 e. The van der Waals surface area contributed by atoms with Gasteiger partial charge in [0.1, 0.15) is 0 Å². The summed E-state index contributed by atoms with van der Waals surface area (Å²) in [7, 11) is 0. The van der Waals surface area contributed by atoms with Crippen LogP contribution in [0, 0.1) is 0 Å². The maximum Gasteiger partial charge on any atom is -0.0149 e. The van der Waals surface area contributed by atoms with Crippen molar-refractivity contribution in [2.24, 2.45) is 0 Å². The topological polar surface area (TPSA) is 70.0 Å². The third kappa shape index (κ3) is 147. The van der Waals surface area contributed by atoms with Gasteiger partial charge in [-0.15, -0.1) is 0 Å². The minimum atomic E-state index is 0. The Morgan fingerprint density at radius 2 is 0.750 bits per heavy atom. The van der Waals surface area contributed by atoms with Crippen molar-refractivity contribution in [2.45, 2.75) is 7.43 Å². The molecule has 0 atom stereocenters. The Hall–Kier alpha value is 0.137. The Morgan fingerprint density at radius 1 is 0.750 bits per heavy atom. The second-order valence-electron chi connectivity index (χ2n) is 0. The molecule has 0 saturated carbocycles. The molecule has 0 radical (unpaired) electrons. The second kappa shape index (κ2) is 764. The Kier molecular flexibility index (Phi) is 415000. The summed E-state index contributed by atoms with van der Waals surface area (Å²) in [5.41, 5.74) is 0. The van der Waals surface area contributed by atoms with Gasteiger partial charge < -0.3 is 12.3 Å². The van der Waals surface area contributed by atoms with Gasteiger partial charge in [-0.1, -0.05) is 7.43 Å².